The number of carbonyl (C=O) groups excluding carboxylic acids is 1. The van der Waals surface area contributed by atoms with Gasteiger partial charge in [0, 0.05) is 17.4 Å². The number of amidine groups is 1. The molecule has 0 aromatic carbocycles. The van der Waals surface area contributed by atoms with Crippen LogP contribution in [0.2, 0.25) is 0 Å². The summed E-state index contributed by atoms with van der Waals surface area (Å²) < 4.78 is 0. The highest BCUT2D eigenvalue weighted by molar-refractivity contribution is 5.87. The smallest absolute Gasteiger partial charge is 0.226 e. The number of oxime groups is 1. The fourth-order valence-corrected chi connectivity index (χ4v) is 2.51. The third-order valence-electron chi connectivity index (χ3n) is 4.21. The second-order valence-corrected chi connectivity index (χ2v) is 5.89. The van der Waals surface area contributed by atoms with Crippen LogP contribution < -0.4 is 11.1 Å². The van der Waals surface area contributed by atoms with Gasteiger partial charge in [-0.05, 0) is 19.3 Å². The summed E-state index contributed by atoms with van der Waals surface area (Å²) in [5.41, 5.74) is 4.88. The normalized spacial score (nSPS) is 19.8. The molecule has 0 bridgehead atoms. The van der Waals surface area contributed by atoms with E-state index in [0.29, 0.717) is 6.54 Å². The molecular formula is C13H25N3O2. The van der Waals surface area contributed by atoms with Gasteiger partial charge >= 0.3 is 0 Å². The molecule has 1 rings (SSSR count). The highest BCUT2D eigenvalue weighted by Gasteiger charge is 2.39. The molecule has 1 aliphatic carbocycles. The van der Waals surface area contributed by atoms with Gasteiger partial charge in [-0.3, -0.25) is 4.79 Å². The minimum atomic E-state index is -0.530. The second-order valence-electron chi connectivity index (χ2n) is 5.89. The van der Waals surface area contributed by atoms with Gasteiger partial charge in [-0.1, -0.05) is 38.8 Å². The molecule has 0 atom stereocenters. The third kappa shape index (κ3) is 2.94. The molecular weight excluding hydrogens is 230 g/mol. The first-order valence-electron chi connectivity index (χ1n) is 6.64. The van der Waals surface area contributed by atoms with Crippen LogP contribution in [-0.2, 0) is 4.79 Å². The average Bonchev–Trinajstić information content (AvgIpc) is 2.84. The largest absolute Gasteiger partial charge is 0.409 e. The Morgan fingerprint density at radius 2 is 2.00 bits per heavy atom. The molecule has 0 heterocycles. The van der Waals surface area contributed by atoms with E-state index >= 15 is 0 Å². The van der Waals surface area contributed by atoms with Crippen LogP contribution in [0.3, 0.4) is 0 Å². The van der Waals surface area contributed by atoms with Crippen LogP contribution in [0.25, 0.3) is 0 Å². The predicted molar refractivity (Wildman–Crippen MR) is 71.4 cm³/mol. The first-order valence-corrected chi connectivity index (χ1v) is 6.64. The van der Waals surface area contributed by atoms with Crippen molar-refractivity contribution < 1.29 is 10.0 Å². The van der Waals surface area contributed by atoms with Crippen LogP contribution in [0.1, 0.15) is 52.9 Å². The first-order chi connectivity index (χ1) is 8.38. The van der Waals surface area contributed by atoms with E-state index in [0.717, 1.165) is 32.1 Å². The number of hydrogen-bond donors (Lipinski definition) is 3. The lowest BCUT2D eigenvalue weighted by molar-refractivity contribution is -0.131. The number of hydrogen-bond acceptors (Lipinski definition) is 3. The molecule has 0 aliphatic heterocycles. The van der Waals surface area contributed by atoms with Gasteiger partial charge in [-0.25, -0.2) is 0 Å². The number of nitrogens with two attached hydrogens (primary N) is 1. The Hall–Kier alpha value is -1.26. The Kier molecular flexibility index (Phi) is 4.59. The van der Waals surface area contributed by atoms with Crippen molar-refractivity contribution in [3.8, 4) is 0 Å². The van der Waals surface area contributed by atoms with Gasteiger partial charge in [-0.2, -0.15) is 0 Å². The van der Waals surface area contributed by atoms with E-state index in [-0.39, 0.29) is 17.2 Å². The Labute approximate surface area is 109 Å². The van der Waals surface area contributed by atoms with Crippen molar-refractivity contribution >= 4 is 11.7 Å². The van der Waals surface area contributed by atoms with Crippen LogP contribution in [0, 0.1) is 10.8 Å². The molecule has 1 aliphatic rings. The zero-order chi connectivity index (χ0) is 13.8. The van der Waals surface area contributed by atoms with Gasteiger partial charge in [0.05, 0.1) is 0 Å². The molecule has 5 heteroatoms. The molecule has 0 spiro atoms. The average molecular weight is 255 g/mol. The van der Waals surface area contributed by atoms with Crippen molar-refractivity contribution in [1.29, 1.82) is 0 Å². The minimum Gasteiger partial charge on any atom is -0.409 e. The zero-order valence-corrected chi connectivity index (χ0v) is 11.6. The molecule has 1 amide bonds. The molecule has 18 heavy (non-hydrogen) atoms. The van der Waals surface area contributed by atoms with Gasteiger partial charge in [0.1, 0.15) is 5.84 Å². The SMILES string of the molecule is CCC1(C(=O)NCC(C)(C)C(N)=NO)CCCC1. The third-order valence-corrected chi connectivity index (χ3v) is 4.21. The number of rotatable bonds is 5. The van der Waals surface area contributed by atoms with E-state index in [4.69, 9.17) is 10.9 Å². The van der Waals surface area contributed by atoms with E-state index in [2.05, 4.69) is 17.4 Å². The standard InChI is InChI=1S/C13H25N3O2/c1-4-13(7-5-6-8-13)11(17)15-9-12(2,3)10(14)16-18/h18H,4-9H2,1-3H3,(H2,14,16)(H,15,17). The summed E-state index contributed by atoms with van der Waals surface area (Å²) in [5, 5.41) is 14.7. The Morgan fingerprint density at radius 1 is 1.44 bits per heavy atom. The molecule has 0 unspecified atom stereocenters. The van der Waals surface area contributed by atoms with Crippen molar-refractivity contribution in [2.24, 2.45) is 21.7 Å². The number of nitrogens with one attached hydrogen (secondary N) is 1. The summed E-state index contributed by atoms with van der Waals surface area (Å²) in [7, 11) is 0. The zero-order valence-electron chi connectivity index (χ0n) is 11.6. The lowest BCUT2D eigenvalue weighted by atomic mass is 9.82. The summed E-state index contributed by atoms with van der Waals surface area (Å²) in [5.74, 6) is 0.251. The molecule has 0 aromatic heterocycles. The van der Waals surface area contributed by atoms with Crippen LogP contribution in [0.4, 0.5) is 0 Å². The number of carbonyl (C=O) groups is 1. The Bertz CT molecular complexity index is 331. The highest BCUT2D eigenvalue weighted by atomic mass is 16.4. The van der Waals surface area contributed by atoms with Gasteiger partial charge in [0.25, 0.3) is 0 Å². The molecule has 0 aromatic rings. The predicted octanol–water partition coefficient (Wildman–Crippen LogP) is 1.85. The van der Waals surface area contributed by atoms with Crippen molar-refractivity contribution in [3.63, 3.8) is 0 Å². The summed E-state index contributed by atoms with van der Waals surface area (Å²) >= 11 is 0. The van der Waals surface area contributed by atoms with Gasteiger partial charge in [0.2, 0.25) is 5.91 Å². The van der Waals surface area contributed by atoms with Crippen molar-refractivity contribution in [3.05, 3.63) is 0 Å². The quantitative estimate of drug-likeness (QED) is 0.303. The summed E-state index contributed by atoms with van der Waals surface area (Å²) in [6, 6.07) is 0. The van der Waals surface area contributed by atoms with Crippen molar-refractivity contribution in [1.82, 2.24) is 5.32 Å². The maximum absolute atomic E-state index is 12.3. The van der Waals surface area contributed by atoms with E-state index in [1.54, 1.807) is 0 Å². The maximum atomic E-state index is 12.3. The van der Waals surface area contributed by atoms with Gasteiger partial charge in [0.15, 0.2) is 0 Å². The fourth-order valence-electron chi connectivity index (χ4n) is 2.51. The molecule has 4 N–H and O–H groups in total. The van der Waals surface area contributed by atoms with E-state index in [9.17, 15) is 4.79 Å². The lowest BCUT2D eigenvalue weighted by Gasteiger charge is -2.29. The summed E-state index contributed by atoms with van der Waals surface area (Å²) in [4.78, 5) is 12.3. The molecule has 0 saturated heterocycles. The molecule has 104 valence electrons. The van der Waals surface area contributed by atoms with Gasteiger partial charge < -0.3 is 16.3 Å². The van der Waals surface area contributed by atoms with Crippen molar-refractivity contribution in [2.45, 2.75) is 52.9 Å². The van der Waals surface area contributed by atoms with Crippen LogP contribution in [-0.4, -0.2) is 23.5 Å². The highest BCUT2D eigenvalue weighted by Crippen LogP contribution is 2.41. The van der Waals surface area contributed by atoms with E-state index in [1.165, 1.54) is 0 Å². The minimum absolute atomic E-state index is 0.112. The fraction of sp³-hybridized carbons (Fsp3) is 0.846. The maximum Gasteiger partial charge on any atom is 0.226 e. The second kappa shape index (κ2) is 5.59. The van der Waals surface area contributed by atoms with E-state index in [1.807, 2.05) is 13.8 Å². The van der Waals surface area contributed by atoms with Crippen LogP contribution in [0.15, 0.2) is 5.16 Å². The van der Waals surface area contributed by atoms with Crippen LogP contribution in [0.5, 0.6) is 0 Å². The van der Waals surface area contributed by atoms with Crippen LogP contribution >= 0.6 is 0 Å². The summed E-state index contributed by atoms with van der Waals surface area (Å²) in [6.07, 6.45) is 5.08. The Balaban J connectivity index is 2.61. The monoisotopic (exact) mass is 255 g/mol. The van der Waals surface area contributed by atoms with Gasteiger partial charge in [-0.15, -0.1) is 0 Å². The number of amides is 1. The molecule has 1 fully saturated rings. The molecule has 5 nitrogen and oxygen atoms in total. The molecule has 1 saturated carbocycles. The number of nitrogens with zero attached hydrogens (tertiary/aromatic N) is 1. The first kappa shape index (κ1) is 14.8. The Morgan fingerprint density at radius 3 is 2.44 bits per heavy atom. The summed E-state index contributed by atoms with van der Waals surface area (Å²) in [6.45, 7) is 6.15. The molecule has 0 radical (unpaired) electrons. The topological polar surface area (TPSA) is 87.7 Å². The van der Waals surface area contributed by atoms with Crippen molar-refractivity contribution in [2.75, 3.05) is 6.54 Å². The lowest BCUT2D eigenvalue weighted by Crippen LogP contribution is -2.47. The van der Waals surface area contributed by atoms with E-state index < -0.39 is 5.41 Å².